The zero-order valence-corrected chi connectivity index (χ0v) is 18.2. The number of hydrogen-bond donors (Lipinski definition) is 0. The number of nitrogens with zero attached hydrogens (tertiary/aromatic N) is 1. The first kappa shape index (κ1) is 26.6. The summed E-state index contributed by atoms with van der Waals surface area (Å²) in [5.41, 5.74) is -3.32. The maximum Gasteiger partial charge on any atom is 0.485 e. The molecule has 12 heteroatoms. The molecule has 0 unspecified atom stereocenters. The molecule has 0 saturated carbocycles. The minimum absolute atomic E-state index is 0. The quantitative estimate of drug-likeness (QED) is 0.0797. The van der Waals surface area contributed by atoms with Crippen molar-refractivity contribution in [2.45, 2.75) is 5.51 Å². The first-order valence-electron chi connectivity index (χ1n) is 9.19. The molecule has 1 aromatic heterocycles. The molecule has 0 bridgehead atoms. The molecule has 3 aromatic carbocycles. The third kappa shape index (κ3) is 5.65. The van der Waals surface area contributed by atoms with E-state index in [2.05, 4.69) is 0 Å². The number of aryl methyl sites for hydroxylation is 1. The number of halogens is 4. The predicted molar refractivity (Wildman–Crippen MR) is 113 cm³/mol. The summed E-state index contributed by atoms with van der Waals surface area (Å²) in [6.07, 6.45) is 0. The van der Waals surface area contributed by atoms with Crippen molar-refractivity contribution in [2.24, 2.45) is 7.05 Å². The SMILES string of the molecule is C[n+]1c2ccccc2c(C(=O)Oc2cccc(F)c2)c2ccccc21.O.O=S(=O)([O-])C(F)(F)F. The average Bonchev–Trinajstić information content (AvgIpc) is 2.73. The number of rotatable bonds is 2. The highest BCUT2D eigenvalue weighted by Gasteiger charge is 2.36. The Morgan fingerprint density at radius 2 is 1.38 bits per heavy atom. The monoisotopic (exact) mass is 499 g/mol. The van der Waals surface area contributed by atoms with Crippen LogP contribution in [0.2, 0.25) is 0 Å². The summed E-state index contributed by atoms with van der Waals surface area (Å²) in [5.74, 6) is -0.760. The number of benzene rings is 3. The Labute approximate surface area is 190 Å². The minimum atomic E-state index is -6.09. The summed E-state index contributed by atoms with van der Waals surface area (Å²) in [6, 6.07) is 20.9. The number of pyridine rings is 1. The number of fused-ring (bicyclic) bond motifs is 2. The smallest absolute Gasteiger partial charge is 0.485 e. The van der Waals surface area contributed by atoms with Gasteiger partial charge >= 0.3 is 11.5 Å². The second kappa shape index (κ2) is 10.1. The van der Waals surface area contributed by atoms with E-state index >= 15 is 0 Å². The molecule has 0 aliphatic rings. The van der Waals surface area contributed by atoms with Crippen molar-refractivity contribution < 1.29 is 50.1 Å². The average molecular weight is 499 g/mol. The van der Waals surface area contributed by atoms with Gasteiger partial charge < -0.3 is 14.8 Å². The minimum Gasteiger partial charge on any atom is -0.741 e. The number of hydrogen-bond acceptors (Lipinski definition) is 5. The van der Waals surface area contributed by atoms with Gasteiger partial charge in [-0.05, 0) is 24.3 Å². The van der Waals surface area contributed by atoms with Crippen molar-refractivity contribution in [3.8, 4) is 5.75 Å². The fraction of sp³-hybridized carbons (Fsp3) is 0.0909. The van der Waals surface area contributed by atoms with Gasteiger partial charge in [-0.3, -0.25) is 0 Å². The summed E-state index contributed by atoms with van der Waals surface area (Å²) >= 11 is 0. The highest BCUT2D eigenvalue weighted by molar-refractivity contribution is 7.86. The van der Waals surface area contributed by atoms with Crippen LogP contribution in [0.1, 0.15) is 10.4 Å². The van der Waals surface area contributed by atoms with E-state index in [4.69, 9.17) is 17.7 Å². The van der Waals surface area contributed by atoms with Crippen LogP contribution in [-0.2, 0) is 17.2 Å². The van der Waals surface area contributed by atoms with Gasteiger partial charge in [0.1, 0.15) is 18.6 Å². The topological polar surface area (TPSA) is 119 Å². The first-order valence-corrected chi connectivity index (χ1v) is 10.6. The Bertz CT molecular complexity index is 1400. The van der Waals surface area contributed by atoms with Gasteiger partial charge in [-0.25, -0.2) is 17.6 Å². The predicted octanol–water partition coefficient (Wildman–Crippen LogP) is 3.40. The van der Waals surface area contributed by atoms with Crippen LogP contribution >= 0.6 is 0 Å². The van der Waals surface area contributed by atoms with Gasteiger partial charge in [-0.2, -0.15) is 17.7 Å². The summed E-state index contributed by atoms with van der Waals surface area (Å²) in [7, 11) is -4.13. The van der Waals surface area contributed by atoms with Crippen molar-refractivity contribution in [3.63, 3.8) is 0 Å². The number of aromatic nitrogens is 1. The summed E-state index contributed by atoms with van der Waals surface area (Å²) < 4.78 is 79.8. The maximum atomic E-state index is 13.4. The molecule has 2 N–H and O–H groups in total. The third-order valence-corrected chi connectivity index (χ3v) is 5.13. The Balaban J connectivity index is 0.000000394. The molecule has 180 valence electrons. The largest absolute Gasteiger partial charge is 0.741 e. The Morgan fingerprint density at radius 1 is 0.912 bits per heavy atom. The molecule has 0 aliphatic heterocycles. The summed E-state index contributed by atoms with van der Waals surface area (Å²) in [4.78, 5) is 12.9. The van der Waals surface area contributed by atoms with Crippen LogP contribution in [0.5, 0.6) is 5.75 Å². The number of esters is 1. The Hall–Kier alpha value is -3.61. The summed E-state index contributed by atoms with van der Waals surface area (Å²) in [5, 5.41) is 1.59. The van der Waals surface area contributed by atoms with Crippen LogP contribution in [0.25, 0.3) is 21.8 Å². The van der Waals surface area contributed by atoms with Crippen molar-refractivity contribution in [3.05, 3.63) is 84.2 Å². The lowest BCUT2D eigenvalue weighted by Gasteiger charge is -2.10. The lowest BCUT2D eigenvalue weighted by atomic mass is 10.0. The molecule has 0 spiro atoms. The number of para-hydroxylation sites is 2. The number of carbonyl (C=O) groups is 1. The number of carbonyl (C=O) groups excluding carboxylic acids is 1. The van der Waals surface area contributed by atoms with E-state index in [1.807, 2.05) is 60.1 Å². The first-order chi connectivity index (χ1) is 15.4. The molecular weight excluding hydrogens is 482 g/mol. The fourth-order valence-corrected chi connectivity index (χ4v) is 3.14. The standard InChI is InChI=1S/C21H15FNO2.CHF3O3S.H2O/c1-23-18-11-4-2-9-16(18)20(17-10-3-5-12-19(17)23)21(24)25-15-8-6-7-14(22)13-15;2-1(3,4)8(5,6)7;/h2-13H,1H3;(H,5,6,7);1H2/q+1;;/p-1. The second-order valence-electron chi connectivity index (χ2n) is 6.72. The highest BCUT2D eigenvalue weighted by Crippen LogP contribution is 2.26. The third-order valence-electron chi connectivity index (χ3n) is 4.56. The van der Waals surface area contributed by atoms with Crippen LogP contribution in [0, 0.1) is 5.82 Å². The van der Waals surface area contributed by atoms with Crippen LogP contribution in [0.3, 0.4) is 0 Å². The van der Waals surface area contributed by atoms with Crippen LogP contribution in [0.15, 0.2) is 72.8 Å². The molecule has 0 aliphatic carbocycles. The van der Waals surface area contributed by atoms with Gasteiger partial charge in [0.2, 0.25) is 11.0 Å². The van der Waals surface area contributed by atoms with E-state index in [0.717, 1.165) is 21.8 Å². The van der Waals surface area contributed by atoms with E-state index in [1.165, 1.54) is 18.2 Å². The maximum absolute atomic E-state index is 13.4. The molecule has 0 saturated heterocycles. The van der Waals surface area contributed by atoms with Gasteiger partial charge in [0.25, 0.3) is 0 Å². The lowest BCUT2D eigenvalue weighted by molar-refractivity contribution is -0.617. The van der Waals surface area contributed by atoms with Crippen LogP contribution in [0.4, 0.5) is 17.6 Å². The van der Waals surface area contributed by atoms with Gasteiger partial charge in [0.05, 0.1) is 16.3 Å². The van der Waals surface area contributed by atoms with E-state index < -0.39 is 27.4 Å². The van der Waals surface area contributed by atoms with Gasteiger partial charge in [-0.15, -0.1) is 0 Å². The van der Waals surface area contributed by atoms with E-state index in [9.17, 15) is 22.4 Å². The van der Waals surface area contributed by atoms with Gasteiger partial charge in [0.15, 0.2) is 10.1 Å². The Kier molecular flexibility index (Phi) is 7.93. The van der Waals surface area contributed by atoms with E-state index in [1.54, 1.807) is 6.07 Å². The molecule has 34 heavy (non-hydrogen) atoms. The normalized spacial score (nSPS) is 11.4. The van der Waals surface area contributed by atoms with Gasteiger partial charge in [-0.1, -0.05) is 30.3 Å². The number of alkyl halides is 3. The lowest BCUT2D eigenvalue weighted by Crippen LogP contribution is -2.31. The molecule has 0 amide bonds. The molecule has 0 atom stereocenters. The fourth-order valence-electron chi connectivity index (χ4n) is 3.14. The zero-order chi connectivity index (χ0) is 24.4. The molecular formula is C22H17F4NO6S. The molecule has 0 fully saturated rings. The van der Waals surface area contributed by atoms with Crippen molar-refractivity contribution >= 4 is 37.9 Å². The van der Waals surface area contributed by atoms with E-state index in [0.29, 0.717) is 5.56 Å². The number of ether oxygens (including phenoxy) is 1. The van der Waals surface area contributed by atoms with Crippen LogP contribution < -0.4 is 9.30 Å². The Morgan fingerprint density at radius 3 is 1.82 bits per heavy atom. The molecule has 4 rings (SSSR count). The van der Waals surface area contributed by atoms with Gasteiger partial charge in [0, 0.05) is 18.2 Å². The van der Waals surface area contributed by atoms with Crippen molar-refractivity contribution in [1.29, 1.82) is 0 Å². The van der Waals surface area contributed by atoms with Crippen LogP contribution in [-0.4, -0.2) is 29.9 Å². The second-order valence-corrected chi connectivity index (χ2v) is 8.09. The molecule has 7 nitrogen and oxygen atoms in total. The molecule has 4 aromatic rings. The van der Waals surface area contributed by atoms with E-state index in [-0.39, 0.29) is 11.2 Å². The zero-order valence-electron chi connectivity index (χ0n) is 17.3. The highest BCUT2D eigenvalue weighted by atomic mass is 32.2. The molecule has 0 radical (unpaired) electrons. The van der Waals surface area contributed by atoms with Crippen molar-refractivity contribution in [1.82, 2.24) is 0 Å². The van der Waals surface area contributed by atoms with Crippen molar-refractivity contribution in [2.75, 3.05) is 0 Å². The molecule has 1 heterocycles. The summed E-state index contributed by atoms with van der Waals surface area (Å²) in [6.45, 7) is 0.